The smallest absolute Gasteiger partial charge is 0.334 e. The predicted octanol–water partition coefficient (Wildman–Crippen LogP) is 5.71. The molecule has 0 fully saturated rings. The summed E-state index contributed by atoms with van der Waals surface area (Å²) in [6.07, 6.45) is -3.78. The summed E-state index contributed by atoms with van der Waals surface area (Å²) in [5, 5.41) is 15.2. The summed E-state index contributed by atoms with van der Waals surface area (Å²) in [6.45, 7) is 0. The molecule has 35 heavy (non-hydrogen) atoms. The van der Waals surface area contributed by atoms with E-state index in [2.05, 4.69) is 26.1 Å². The highest BCUT2D eigenvalue weighted by Crippen LogP contribution is 2.38. The van der Waals surface area contributed by atoms with Crippen molar-refractivity contribution in [2.45, 2.75) is 6.18 Å². The minimum absolute atomic E-state index is 0.144. The first kappa shape index (κ1) is 23.7. The second kappa shape index (κ2) is 9.43. The number of hydrazine groups is 1. The number of rotatable bonds is 6. The predicted molar refractivity (Wildman–Crippen MR) is 123 cm³/mol. The number of nitrogens with zero attached hydrogens (tertiary/aromatic N) is 3. The molecule has 0 aliphatic carbocycles. The number of alkyl halides is 3. The van der Waals surface area contributed by atoms with Crippen molar-refractivity contribution < 1.29 is 22.9 Å². The standard InChI is InChI=1S/C22H14ClF3N6O3/c23-17-9-8-13(10-16(17)22(24,25)26)29-19-18(32(34)35)20(28-11-27-19)30-31-21(33)15-7-3-5-12-4-1-2-6-14(12)15/h1-11H,(H,31,33)(H2,27,28,29,30). The second-order valence-electron chi connectivity index (χ2n) is 7.10. The molecule has 3 aromatic carbocycles. The summed E-state index contributed by atoms with van der Waals surface area (Å²) < 4.78 is 39.5. The van der Waals surface area contributed by atoms with E-state index >= 15 is 0 Å². The summed E-state index contributed by atoms with van der Waals surface area (Å²) >= 11 is 5.62. The van der Waals surface area contributed by atoms with Crippen molar-refractivity contribution in [2.75, 3.05) is 10.7 Å². The second-order valence-corrected chi connectivity index (χ2v) is 7.51. The molecule has 1 heterocycles. The third kappa shape index (κ3) is 5.06. The highest BCUT2D eigenvalue weighted by molar-refractivity contribution is 6.31. The highest BCUT2D eigenvalue weighted by atomic mass is 35.5. The van der Waals surface area contributed by atoms with Gasteiger partial charge in [0.2, 0.25) is 11.6 Å². The Morgan fingerprint density at radius 2 is 1.71 bits per heavy atom. The summed E-state index contributed by atoms with van der Waals surface area (Å²) in [5.41, 5.74) is 3.09. The number of aromatic nitrogens is 2. The first-order valence-corrected chi connectivity index (χ1v) is 10.2. The van der Waals surface area contributed by atoms with Gasteiger partial charge in [-0.15, -0.1) is 0 Å². The van der Waals surface area contributed by atoms with Crippen molar-refractivity contribution in [1.82, 2.24) is 15.4 Å². The summed E-state index contributed by atoms with van der Waals surface area (Å²) in [4.78, 5) is 31.2. The summed E-state index contributed by atoms with van der Waals surface area (Å²) in [6, 6.07) is 15.2. The van der Waals surface area contributed by atoms with E-state index < -0.39 is 39.1 Å². The lowest BCUT2D eigenvalue weighted by Gasteiger charge is -2.13. The minimum atomic E-state index is -4.73. The fourth-order valence-corrected chi connectivity index (χ4v) is 3.52. The number of halogens is 4. The van der Waals surface area contributed by atoms with Gasteiger partial charge in [-0.25, -0.2) is 9.97 Å². The number of nitro groups is 1. The van der Waals surface area contributed by atoms with Crippen molar-refractivity contribution in [3.8, 4) is 0 Å². The first-order valence-electron chi connectivity index (χ1n) is 9.82. The summed E-state index contributed by atoms with van der Waals surface area (Å²) in [7, 11) is 0. The van der Waals surface area contributed by atoms with Gasteiger partial charge in [-0.3, -0.25) is 25.8 Å². The maximum absolute atomic E-state index is 13.2. The number of hydrogen-bond donors (Lipinski definition) is 3. The van der Waals surface area contributed by atoms with E-state index in [4.69, 9.17) is 11.6 Å². The molecular formula is C22H14ClF3N6O3. The van der Waals surface area contributed by atoms with Crippen LogP contribution in [0.3, 0.4) is 0 Å². The zero-order valence-corrected chi connectivity index (χ0v) is 18.2. The molecule has 0 radical (unpaired) electrons. The van der Waals surface area contributed by atoms with Gasteiger partial charge in [0, 0.05) is 11.3 Å². The Bertz CT molecular complexity index is 1440. The van der Waals surface area contributed by atoms with Gasteiger partial charge in [-0.05, 0) is 35.0 Å². The van der Waals surface area contributed by atoms with E-state index in [0.29, 0.717) is 17.0 Å². The van der Waals surface area contributed by atoms with Gasteiger partial charge in [0.15, 0.2) is 0 Å². The number of fused-ring (bicyclic) bond motifs is 1. The number of hydrogen-bond acceptors (Lipinski definition) is 7. The van der Waals surface area contributed by atoms with Crippen molar-refractivity contribution in [3.63, 3.8) is 0 Å². The topological polar surface area (TPSA) is 122 Å². The number of benzene rings is 3. The average Bonchev–Trinajstić information content (AvgIpc) is 2.82. The molecular weight excluding hydrogens is 489 g/mol. The zero-order valence-electron chi connectivity index (χ0n) is 17.4. The lowest BCUT2D eigenvalue weighted by atomic mass is 10.0. The van der Waals surface area contributed by atoms with Crippen molar-refractivity contribution in [2.24, 2.45) is 0 Å². The Kier molecular flexibility index (Phi) is 6.38. The van der Waals surface area contributed by atoms with Gasteiger partial charge in [-0.1, -0.05) is 48.0 Å². The molecule has 0 saturated heterocycles. The lowest BCUT2D eigenvalue weighted by Crippen LogP contribution is -2.30. The van der Waals surface area contributed by atoms with Crippen LogP contribution in [0, 0.1) is 10.1 Å². The van der Waals surface area contributed by atoms with Crippen LogP contribution < -0.4 is 16.2 Å². The van der Waals surface area contributed by atoms with Gasteiger partial charge in [-0.2, -0.15) is 13.2 Å². The molecule has 0 unspecified atom stereocenters. The Morgan fingerprint density at radius 1 is 1.00 bits per heavy atom. The van der Waals surface area contributed by atoms with Gasteiger partial charge in [0.1, 0.15) is 6.33 Å². The zero-order chi connectivity index (χ0) is 25.2. The van der Waals surface area contributed by atoms with Crippen LogP contribution in [0.1, 0.15) is 15.9 Å². The van der Waals surface area contributed by atoms with Gasteiger partial charge in [0.05, 0.1) is 15.5 Å². The number of anilines is 3. The van der Waals surface area contributed by atoms with Gasteiger partial charge >= 0.3 is 11.9 Å². The van der Waals surface area contributed by atoms with Crippen molar-refractivity contribution >= 4 is 51.3 Å². The van der Waals surface area contributed by atoms with E-state index in [1.54, 1.807) is 24.3 Å². The van der Waals surface area contributed by atoms with Gasteiger partial charge in [0.25, 0.3) is 5.91 Å². The Morgan fingerprint density at radius 3 is 2.46 bits per heavy atom. The molecule has 0 aliphatic heterocycles. The summed E-state index contributed by atoms with van der Waals surface area (Å²) in [5.74, 6) is -1.37. The number of carbonyl (C=O) groups excluding carboxylic acids is 1. The quantitative estimate of drug-likeness (QED) is 0.228. The normalized spacial score (nSPS) is 11.2. The minimum Gasteiger partial charge on any atom is -0.334 e. The molecule has 0 aliphatic rings. The molecule has 0 bridgehead atoms. The molecule has 9 nitrogen and oxygen atoms in total. The van der Waals surface area contributed by atoms with E-state index in [1.165, 1.54) is 6.07 Å². The van der Waals surface area contributed by atoms with Crippen LogP contribution in [0.25, 0.3) is 10.8 Å². The Balaban J connectivity index is 1.61. The van der Waals surface area contributed by atoms with Crippen LogP contribution in [0.5, 0.6) is 0 Å². The fourth-order valence-electron chi connectivity index (χ4n) is 3.30. The number of amides is 1. The van der Waals surface area contributed by atoms with Crippen molar-refractivity contribution in [1.29, 1.82) is 0 Å². The molecule has 0 saturated carbocycles. The molecule has 0 atom stereocenters. The lowest BCUT2D eigenvalue weighted by molar-refractivity contribution is -0.383. The SMILES string of the molecule is O=C(NNc1ncnc(Nc2ccc(Cl)c(C(F)(F)F)c2)c1[N+](=O)[O-])c1cccc2ccccc12. The van der Waals surface area contributed by atoms with E-state index in [-0.39, 0.29) is 11.5 Å². The molecule has 0 spiro atoms. The largest absolute Gasteiger partial charge is 0.417 e. The number of carbonyl (C=O) groups is 1. The molecule has 4 aromatic rings. The monoisotopic (exact) mass is 502 g/mol. The molecule has 3 N–H and O–H groups in total. The van der Waals surface area contributed by atoms with Crippen LogP contribution in [-0.4, -0.2) is 20.8 Å². The molecule has 178 valence electrons. The van der Waals surface area contributed by atoms with Crippen LogP contribution >= 0.6 is 11.6 Å². The Labute approximate surface area is 200 Å². The third-order valence-electron chi connectivity index (χ3n) is 4.87. The molecule has 1 amide bonds. The molecule has 4 rings (SSSR count). The fraction of sp³-hybridized carbons (Fsp3) is 0.0455. The first-order chi connectivity index (χ1) is 16.6. The van der Waals surface area contributed by atoms with Crippen LogP contribution in [0.15, 0.2) is 67.0 Å². The van der Waals surface area contributed by atoms with Crippen LogP contribution in [-0.2, 0) is 6.18 Å². The van der Waals surface area contributed by atoms with E-state index in [1.807, 2.05) is 18.2 Å². The highest BCUT2D eigenvalue weighted by Gasteiger charge is 2.33. The number of nitrogens with one attached hydrogen (secondary N) is 3. The third-order valence-corrected chi connectivity index (χ3v) is 5.20. The maximum Gasteiger partial charge on any atom is 0.417 e. The van der Waals surface area contributed by atoms with Crippen LogP contribution in [0.2, 0.25) is 5.02 Å². The van der Waals surface area contributed by atoms with Crippen molar-refractivity contribution in [3.05, 3.63) is 93.3 Å². The van der Waals surface area contributed by atoms with Gasteiger partial charge < -0.3 is 5.32 Å². The van der Waals surface area contributed by atoms with E-state index in [0.717, 1.165) is 17.8 Å². The molecule has 13 heteroatoms. The molecule has 1 aromatic heterocycles. The van der Waals surface area contributed by atoms with E-state index in [9.17, 15) is 28.1 Å². The van der Waals surface area contributed by atoms with Crippen LogP contribution in [0.4, 0.5) is 36.2 Å². The Hall–Kier alpha value is -4.45. The average molecular weight is 503 g/mol. The maximum atomic E-state index is 13.2.